The Kier molecular flexibility index (Phi) is 5.60. The maximum atomic E-state index is 4.67. The van der Waals surface area contributed by atoms with E-state index in [1.165, 1.54) is 49.2 Å². The highest BCUT2D eigenvalue weighted by Crippen LogP contribution is 2.22. The van der Waals surface area contributed by atoms with Crippen LogP contribution < -0.4 is 5.32 Å². The van der Waals surface area contributed by atoms with Crippen molar-refractivity contribution in [2.75, 3.05) is 14.1 Å². The van der Waals surface area contributed by atoms with Gasteiger partial charge in [0.1, 0.15) is 5.01 Å². The van der Waals surface area contributed by atoms with Crippen molar-refractivity contribution in [3.05, 3.63) is 16.1 Å². The Labute approximate surface area is 115 Å². The van der Waals surface area contributed by atoms with Crippen LogP contribution in [-0.4, -0.2) is 30.0 Å². The quantitative estimate of drug-likeness (QED) is 0.831. The lowest BCUT2D eigenvalue weighted by molar-refractivity contribution is 0.211. The smallest absolute Gasteiger partial charge is 0.107 e. The predicted molar refractivity (Wildman–Crippen MR) is 77.8 cm³/mol. The summed E-state index contributed by atoms with van der Waals surface area (Å²) < 4.78 is 0. The van der Waals surface area contributed by atoms with Gasteiger partial charge in [-0.3, -0.25) is 4.90 Å². The summed E-state index contributed by atoms with van der Waals surface area (Å²) in [6.07, 6.45) is 8.38. The summed E-state index contributed by atoms with van der Waals surface area (Å²) in [4.78, 5) is 7.18. The molecule has 0 aliphatic heterocycles. The van der Waals surface area contributed by atoms with E-state index in [9.17, 15) is 0 Å². The molecule has 1 aromatic rings. The van der Waals surface area contributed by atoms with E-state index >= 15 is 0 Å². The molecule has 1 aliphatic carbocycles. The van der Waals surface area contributed by atoms with Crippen LogP contribution in [0.5, 0.6) is 0 Å². The Morgan fingerprint density at radius 2 is 2.06 bits per heavy atom. The molecule has 0 atom stereocenters. The molecule has 0 spiro atoms. The first kappa shape index (κ1) is 14.0. The van der Waals surface area contributed by atoms with Gasteiger partial charge in [-0.2, -0.15) is 0 Å². The highest BCUT2D eigenvalue weighted by molar-refractivity contribution is 7.09. The molecule has 0 saturated heterocycles. The molecular weight excluding hydrogens is 242 g/mol. The molecule has 18 heavy (non-hydrogen) atoms. The zero-order valence-corrected chi connectivity index (χ0v) is 12.4. The highest BCUT2D eigenvalue weighted by Gasteiger charge is 2.17. The van der Waals surface area contributed by atoms with Crippen LogP contribution in [0.4, 0.5) is 0 Å². The molecule has 1 heterocycles. The summed E-state index contributed by atoms with van der Waals surface area (Å²) in [6, 6.07) is 0.766. The van der Waals surface area contributed by atoms with Gasteiger partial charge in [0.2, 0.25) is 0 Å². The van der Waals surface area contributed by atoms with E-state index in [2.05, 4.69) is 27.6 Å². The zero-order chi connectivity index (χ0) is 12.8. The van der Waals surface area contributed by atoms with Gasteiger partial charge in [0.05, 0.1) is 5.69 Å². The molecule has 0 radical (unpaired) electrons. The van der Waals surface area contributed by atoms with Gasteiger partial charge in [-0.05, 0) is 26.9 Å². The fourth-order valence-corrected chi connectivity index (χ4v) is 3.53. The van der Waals surface area contributed by atoms with Crippen molar-refractivity contribution < 1.29 is 0 Å². The topological polar surface area (TPSA) is 28.2 Å². The predicted octanol–water partition coefficient (Wildman–Crippen LogP) is 3.02. The van der Waals surface area contributed by atoms with Crippen LogP contribution in [0.2, 0.25) is 0 Å². The minimum Gasteiger partial charge on any atom is -0.314 e. The van der Waals surface area contributed by atoms with Crippen LogP contribution in [0.25, 0.3) is 0 Å². The van der Waals surface area contributed by atoms with E-state index in [0.29, 0.717) is 0 Å². The average Bonchev–Trinajstić information content (AvgIpc) is 2.65. The summed E-state index contributed by atoms with van der Waals surface area (Å²) in [5.74, 6) is 0. The first-order valence-electron chi connectivity index (χ1n) is 7.07. The maximum Gasteiger partial charge on any atom is 0.107 e. The number of hydrogen-bond acceptors (Lipinski definition) is 4. The van der Waals surface area contributed by atoms with Crippen molar-refractivity contribution in [3.8, 4) is 0 Å². The normalized spacial score (nSPS) is 18.2. The number of nitrogens with one attached hydrogen (secondary N) is 1. The first-order chi connectivity index (χ1) is 8.79. The fourth-order valence-electron chi connectivity index (χ4n) is 2.74. The fraction of sp³-hybridized carbons (Fsp3) is 0.786. The Morgan fingerprint density at radius 1 is 1.33 bits per heavy atom. The van der Waals surface area contributed by atoms with Crippen molar-refractivity contribution in [1.29, 1.82) is 0 Å². The molecule has 1 N–H and O–H groups in total. The van der Waals surface area contributed by atoms with Gasteiger partial charge in [0.25, 0.3) is 0 Å². The molecule has 0 aromatic carbocycles. The van der Waals surface area contributed by atoms with Crippen LogP contribution in [0.1, 0.15) is 49.2 Å². The van der Waals surface area contributed by atoms with Crippen molar-refractivity contribution in [2.24, 2.45) is 0 Å². The van der Waals surface area contributed by atoms with E-state index in [1.807, 2.05) is 7.05 Å². The number of hydrogen-bond donors (Lipinski definition) is 1. The summed E-state index contributed by atoms with van der Waals surface area (Å²) >= 11 is 1.77. The average molecular weight is 267 g/mol. The number of thiazole rings is 1. The van der Waals surface area contributed by atoms with E-state index in [4.69, 9.17) is 0 Å². The van der Waals surface area contributed by atoms with Crippen molar-refractivity contribution in [1.82, 2.24) is 15.2 Å². The number of aromatic nitrogens is 1. The van der Waals surface area contributed by atoms with Gasteiger partial charge in [-0.25, -0.2) is 4.98 Å². The second-order valence-corrected chi connectivity index (χ2v) is 6.27. The molecule has 1 fully saturated rings. The van der Waals surface area contributed by atoms with Gasteiger partial charge >= 0.3 is 0 Å². The molecule has 1 aromatic heterocycles. The van der Waals surface area contributed by atoms with Crippen LogP contribution in [0, 0.1) is 0 Å². The maximum absolute atomic E-state index is 4.67. The molecule has 0 amide bonds. The minimum atomic E-state index is 0.766. The monoisotopic (exact) mass is 267 g/mol. The lowest BCUT2D eigenvalue weighted by Crippen LogP contribution is -2.30. The first-order valence-corrected chi connectivity index (χ1v) is 7.95. The van der Waals surface area contributed by atoms with E-state index in [-0.39, 0.29) is 0 Å². The molecule has 4 heteroatoms. The summed E-state index contributed by atoms with van der Waals surface area (Å²) in [5.41, 5.74) is 1.23. The van der Waals surface area contributed by atoms with Crippen molar-refractivity contribution in [3.63, 3.8) is 0 Å². The van der Waals surface area contributed by atoms with Gasteiger partial charge in [-0.15, -0.1) is 11.3 Å². The van der Waals surface area contributed by atoms with Crippen LogP contribution in [0.15, 0.2) is 5.38 Å². The lowest BCUT2D eigenvalue weighted by Gasteiger charge is -2.26. The Morgan fingerprint density at radius 3 is 2.72 bits per heavy atom. The SMILES string of the molecule is CNCc1nc(CN(C)C2CCCCCC2)cs1. The van der Waals surface area contributed by atoms with E-state index < -0.39 is 0 Å². The molecule has 3 nitrogen and oxygen atoms in total. The largest absolute Gasteiger partial charge is 0.314 e. The summed E-state index contributed by atoms with van der Waals surface area (Å²) in [5, 5.41) is 6.56. The highest BCUT2D eigenvalue weighted by atomic mass is 32.1. The van der Waals surface area contributed by atoms with Crippen LogP contribution in [-0.2, 0) is 13.1 Å². The molecule has 2 rings (SSSR count). The molecular formula is C14H25N3S. The van der Waals surface area contributed by atoms with Crippen molar-refractivity contribution in [2.45, 2.75) is 57.7 Å². The van der Waals surface area contributed by atoms with Gasteiger partial charge in [-0.1, -0.05) is 25.7 Å². The molecule has 102 valence electrons. The third kappa shape index (κ3) is 4.04. The van der Waals surface area contributed by atoms with Crippen LogP contribution in [0.3, 0.4) is 0 Å². The zero-order valence-electron chi connectivity index (χ0n) is 11.6. The minimum absolute atomic E-state index is 0.766. The standard InChI is InChI=1S/C14H25N3S/c1-15-9-14-16-12(11-18-14)10-17(2)13-7-5-3-4-6-8-13/h11,13,15H,3-10H2,1-2H3. The Balaban J connectivity index is 1.86. The molecule has 0 unspecified atom stereocenters. The summed E-state index contributed by atoms with van der Waals surface area (Å²) in [7, 11) is 4.23. The lowest BCUT2D eigenvalue weighted by atomic mass is 10.1. The second kappa shape index (κ2) is 7.22. The Hall–Kier alpha value is -0.450. The van der Waals surface area contributed by atoms with Gasteiger partial charge < -0.3 is 5.32 Å². The third-order valence-electron chi connectivity index (χ3n) is 3.79. The second-order valence-electron chi connectivity index (χ2n) is 5.32. The molecule has 0 bridgehead atoms. The molecule has 1 saturated carbocycles. The summed E-state index contributed by atoms with van der Waals surface area (Å²) in [6.45, 7) is 1.89. The molecule has 1 aliphatic rings. The number of nitrogens with zero attached hydrogens (tertiary/aromatic N) is 2. The van der Waals surface area contributed by atoms with Crippen molar-refractivity contribution >= 4 is 11.3 Å². The number of rotatable bonds is 5. The van der Waals surface area contributed by atoms with Gasteiger partial charge in [0, 0.05) is 24.5 Å². The van der Waals surface area contributed by atoms with E-state index in [1.54, 1.807) is 11.3 Å². The third-order valence-corrected chi connectivity index (χ3v) is 4.68. The Bertz CT molecular complexity index is 343. The van der Waals surface area contributed by atoms with Gasteiger partial charge in [0.15, 0.2) is 0 Å². The van der Waals surface area contributed by atoms with E-state index in [0.717, 1.165) is 19.1 Å². The van der Waals surface area contributed by atoms with Crippen LogP contribution >= 0.6 is 11.3 Å².